The first-order valence-corrected chi connectivity index (χ1v) is 8.17. The van der Waals surface area contributed by atoms with E-state index in [0.717, 1.165) is 11.6 Å². The zero-order chi connectivity index (χ0) is 18.0. The molecule has 0 aliphatic carbocycles. The molecule has 0 fully saturated rings. The Kier molecular flexibility index (Phi) is 4.62. The van der Waals surface area contributed by atoms with Crippen LogP contribution in [0.5, 0.6) is 5.75 Å². The molecule has 1 amide bonds. The van der Waals surface area contributed by atoms with Crippen LogP contribution in [0, 0.1) is 12.9 Å². The number of halogens is 1. The molecule has 128 valence electrons. The first-order chi connectivity index (χ1) is 11.9. The van der Waals surface area contributed by atoms with Gasteiger partial charge in [0.15, 0.2) is 0 Å². The van der Waals surface area contributed by atoms with E-state index in [4.69, 9.17) is 0 Å². The second-order valence-corrected chi connectivity index (χ2v) is 6.39. The van der Waals surface area contributed by atoms with E-state index in [-0.39, 0.29) is 23.8 Å². The lowest BCUT2D eigenvalue weighted by molar-refractivity contribution is 0.0954. The van der Waals surface area contributed by atoms with Crippen molar-refractivity contribution in [2.75, 3.05) is 0 Å². The minimum atomic E-state index is -0.576. The number of nitrogens with one attached hydrogen (secondary N) is 1. The summed E-state index contributed by atoms with van der Waals surface area (Å²) in [6, 6.07) is 7.02. The summed E-state index contributed by atoms with van der Waals surface area (Å²) in [7, 11) is 0. The van der Waals surface area contributed by atoms with Gasteiger partial charge in [0, 0.05) is 25.0 Å². The van der Waals surface area contributed by atoms with Gasteiger partial charge in [0.25, 0.3) is 11.5 Å². The van der Waals surface area contributed by atoms with Gasteiger partial charge < -0.3 is 10.4 Å². The molecule has 6 nitrogen and oxygen atoms in total. The Morgan fingerprint density at radius 3 is 2.84 bits per heavy atom. The maximum absolute atomic E-state index is 12.8. The number of carbonyl (C=O) groups excluding carboxylic acids is 1. The largest absolute Gasteiger partial charge is 0.508 e. The molecule has 3 aromatic rings. The van der Waals surface area contributed by atoms with Gasteiger partial charge in [-0.2, -0.15) is 4.39 Å². The number of nitrogens with zero attached hydrogens (tertiary/aromatic N) is 2. The lowest BCUT2D eigenvalue weighted by atomic mass is 10.2. The number of hydrogen-bond acceptors (Lipinski definition) is 5. The van der Waals surface area contributed by atoms with E-state index in [2.05, 4.69) is 10.3 Å². The highest BCUT2D eigenvalue weighted by Crippen LogP contribution is 2.24. The molecular weight excluding hydrogens is 345 g/mol. The van der Waals surface area contributed by atoms with E-state index < -0.39 is 5.95 Å². The van der Waals surface area contributed by atoms with Crippen LogP contribution in [-0.2, 0) is 6.54 Å². The molecule has 0 saturated heterocycles. The summed E-state index contributed by atoms with van der Waals surface area (Å²) in [6.07, 6.45) is 2.81. The predicted octanol–water partition coefficient (Wildman–Crippen LogP) is 2.38. The van der Waals surface area contributed by atoms with Crippen LogP contribution in [-0.4, -0.2) is 20.6 Å². The average molecular weight is 359 g/mol. The summed E-state index contributed by atoms with van der Waals surface area (Å²) in [5, 5.41) is 12.7. The van der Waals surface area contributed by atoms with E-state index in [9.17, 15) is 19.1 Å². The zero-order valence-corrected chi connectivity index (χ0v) is 14.0. The maximum atomic E-state index is 12.8. The van der Waals surface area contributed by atoms with Gasteiger partial charge in [-0.3, -0.25) is 14.2 Å². The summed E-state index contributed by atoms with van der Waals surface area (Å²) in [4.78, 5) is 28.3. The van der Waals surface area contributed by atoms with Gasteiger partial charge in [-0.05, 0) is 36.2 Å². The second kappa shape index (κ2) is 6.86. The normalized spacial score (nSPS) is 10.6. The fourth-order valence-electron chi connectivity index (χ4n) is 2.23. The number of aromatic nitrogens is 2. The van der Waals surface area contributed by atoms with Gasteiger partial charge >= 0.3 is 0 Å². The van der Waals surface area contributed by atoms with Crippen LogP contribution in [0.4, 0.5) is 4.39 Å². The van der Waals surface area contributed by atoms with Crippen molar-refractivity contribution in [1.82, 2.24) is 14.9 Å². The van der Waals surface area contributed by atoms with Crippen molar-refractivity contribution in [3.8, 4) is 10.8 Å². The topological polar surface area (TPSA) is 84.2 Å². The number of thiophene rings is 1. The molecule has 0 unspecified atom stereocenters. The van der Waals surface area contributed by atoms with E-state index in [1.807, 2.05) is 0 Å². The summed E-state index contributed by atoms with van der Waals surface area (Å²) >= 11 is 1.17. The molecule has 0 atom stereocenters. The number of aryl methyl sites for hydroxylation is 1. The molecule has 3 heterocycles. The highest BCUT2D eigenvalue weighted by Gasteiger charge is 2.15. The highest BCUT2D eigenvalue weighted by molar-refractivity contribution is 7.16. The fraction of sp³-hybridized carbons (Fsp3) is 0.118. The predicted molar refractivity (Wildman–Crippen MR) is 91.7 cm³/mol. The molecule has 8 heteroatoms. The number of pyridine rings is 2. The van der Waals surface area contributed by atoms with Gasteiger partial charge in [0.1, 0.15) is 10.8 Å². The van der Waals surface area contributed by atoms with E-state index >= 15 is 0 Å². The lowest BCUT2D eigenvalue weighted by Gasteiger charge is -2.04. The van der Waals surface area contributed by atoms with Crippen LogP contribution in [0.25, 0.3) is 5.00 Å². The van der Waals surface area contributed by atoms with E-state index in [1.54, 1.807) is 19.1 Å². The minimum Gasteiger partial charge on any atom is -0.508 e. The van der Waals surface area contributed by atoms with Crippen LogP contribution in [0.1, 0.15) is 20.8 Å². The molecule has 3 aromatic heterocycles. The van der Waals surface area contributed by atoms with E-state index in [0.29, 0.717) is 15.4 Å². The third-order valence-electron chi connectivity index (χ3n) is 3.49. The van der Waals surface area contributed by atoms with Crippen molar-refractivity contribution < 1.29 is 14.3 Å². The van der Waals surface area contributed by atoms with Crippen molar-refractivity contribution in [2.45, 2.75) is 13.5 Å². The summed E-state index contributed by atoms with van der Waals surface area (Å²) in [5.74, 6) is -0.974. The minimum absolute atomic E-state index is 0.111. The van der Waals surface area contributed by atoms with Crippen LogP contribution in [0.2, 0.25) is 0 Å². The Labute approximate surface area is 146 Å². The third-order valence-corrected chi connectivity index (χ3v) is 4.73. The molecule has 0 spiro atoms. The molecule has 0 aliphatic heterocycles. The smallest absolute Gasteiger partial charge is 0.261 e. The lowest BCUT2D eigenvalue weighted by Crippen LogP contribution is -2.22. The quantitative estimate of drug-likeness (QED) is 0.701. The Morgan fingerprint density at radius 2 is 2.16 bits per heavy atom. The van der Waals surface area contributed by atoms with Crippen molar-refractivity contribution >= 4 is 17.2 Å². The van der Waals surface area contributed by atoms with Gasteiger partial charge in [0.2, 0.25) is 5.95 Å². The van der Waals surface area contributed by atoms with Crippen LogP contribution >= 0.6 is 11.3 Å². The molecule has 3 rings (SSSR count). The van der Waals surface area contributed by atoms with E-state index in [1.165, 1.54) is 40.4 Å². The number of carbonyl (C=O) groups is 1. The first-order valence-electron chi connectivity index (χ1n) is 7.35. The maximum Gasteiger partial charge on any atom is 0.261 e. The standard InChI is InChI=1S/C17H14FN3O3S/c1-10-6-15(21-5-4-12(22)7-14(21)23)25-16(10)17(24)20-9-11-2-3-13(18)19-8-11/h2-8,22H,9H2,1H3,(H,20,24). The second-order valence-electron chi connectivity index (χ2n) is 5.36. The Hall–Kier alpha value is -3.00. The number of rotatable bonds is 4. The Bertz CT molecular complexity index is 980. The number of hydrogen-bond donors (Lipinski definition) is 2. The zero-order valence-electron chi connectivity index (χ0n) is 13.2. The van der Waals surface area contributed by atoms with Crippen LogP contribution in [0.3, 0.4) is 0 Å². The number of amides is 1. The molecule has 25 heavy (non-hydrogen) atoms. The highest BCUT2D eigenvalue weighted by atomic mass is 32.1. The molecule has 0 radical (unpaired) electrons. The average Bonchev–Trinajstić information content (AvgIpc) is 2.95. The molecule has 0 aliphatic rings. The summed E-state index contributed by atoms with van der Waals surface area (Å²) in [5.41, 5.74) is 1.03. The van der Waals surface area contributed by atoms with Crippen LogP contribution < -0.4 is 10.9 Å². The monoisotopic (exact) mass is 359 g/mol. The SMILES string of the molecule is Cc1cc(-n2ccc(O)cc2=O)sc1C(=O)NCc1ccc(F)nc1. The number of aromatic hydroxyl groups is 1. The van der Waals surface area contributed by atoms with Gasteiger partial charge in [-0.25, -0.2) is 4.98 Å². The molecule has 0 saturated carbocycles. The van der Waals surface area contributed by atoms with Gasteiger partial charge in [-0.1, -0.05) is 6.07 Å². The Morgan fingerprint density at radius 1 is 1.36 bits per heavy atom. The van der Waals surface area contributed by atoms with Crippen molar-refractivity contribution in [1.29, 1.82) is 0 Å². The molecule has 0 bridgehead atoms. The van der Waals surface area contributed by atoms with Gasteiger partial charge in [-0.15, -0.1) is 11.3 Å². The van der Waals surface area contributed by atoms with Gasteiger partial charge in [0.05, 0.1) is 4.88 Å². The molecule has 2 N–H and O–H groups in total. The summed E-state index contributed by atoms with van der Waals surface area (Å²) in [6.45, 7) is 2.00. The fourth-order valence-corrected chi connectivity index (χ4v) is 3.31. The van der Waals surface area contributed by atoms with Crippen molar-refractivity contribution in [3.05, 3.63) is 75.0 Å². The Balaban J connectivity index is 1.78. The van der Waals surface area contributed by atoms with Crippen molar-refractivity contribution in [2.24, 2.45) is 0 Å². The van der Waals surface area contributed by atoms with Crippen LogP contribution in [0.15, 0.2) is 47.5 Å². The summed E-state index contributed by atoms with van der Waals surface area (Å²) < 4.78 is 14.1. The first kappa shape index (κ1) is 16.8. The molecular formula is C17H14FN3O3S. The van der Waals surface area contributed by atoms with Crippen molar-refractivity contribution in [3.63, 3.8) is 0 Å². The molecule has 0 aromatic carbocycles. The third kappa shape index (κ3) is 3.74.